The van der Waals surface area contributed by atoms with Gasteiger partial charge in [-0.25, -0.2) is 4.79 Å². The molecule has 1 heterocycles. The van der Waals surface area contributed by atoms with Crippen LogP contribution in [-0.2, 0) is 6.42 Å². The van der Waals surface area contributed by atoms with Gasteiger partial charge in [-0.1, -0.05) is 6.07 Å². The van der Waals surface area contributed by atoms with Crippen LogP contribution in [0.2, 0.25) is 0 Å². The molecule has 1 aromatic heterocycles. The number of urea groups is 1. The summed E-state index contributed by atoms with van der Waals surface area (Å²) in [4.78, 5) is 15.4. The topological polar surface area (TPSA) is 84.6 Å². The van der Waals surface area contributed by atoms with E-state index in [9.17, 15) is 4.79 Å². The molecule has 7 nitrogen and oxygen atoms in total. The Morgan fingerprint density at radius 1 is 1.00 bits per heavy atom. The first-order valence-electron chi connectivity index (χ1n) is 8.55. The highest BCUT2D eigenvalue weighted by atomic mass is 16.5. The van der Waals surface area contributed by atoms with Crippen LogP contribution in [0.25, 0.3) is 10.9 Å². The number of aromatic nitrogens is 1. The van der Waals surface area contributed by atoms with Crippen LogP contribution in [-0.4, -0.2) is 38.9 Å². The average molecular weight is 369 g/mol. The zero-order valence-electron chi connectivity index (χ0n) is 15.6. The van der Waals surface area contributed by atoms with Gasteiger partial charge in [0.25, 0.3) is 0 Å². The summed E-state index contributed by atoms with van der Waals surface area (Å²) >= 11 is 0. The van der Waals surface area contributed by atoms with Crippen LogP contribution in [0.3, 0.4) is 0 Å². The summed E-state index contributed by atoms with van der Waals surface area (Å²) in [5.74, 6) is 1.44. The standard InChI is InChI=1S/C20H23N3O4/c1-25-17-11-15(12-18(26-2)19(17)27-3)23-20(24)22-8-6-13-4-5-16-14(10-13)7-9-21-16/h4-5,7,9-12,21H,6,8H2,1-3H3,(H2,22,23,24). The third kappa shape index (κ3) is 4.25. The Labute approximate surface area is 157 Å². The molecule has 0 aliphatic rings. The van der Waals surface area contributed by atoms with E-state index in [-0.39, 0.29) is 6.03 Å². The second kappa shape index (κ2) is 8.35. The predicted molar refractivity (Wildman–Crippen MR) is 105 cm³/mol. The molecule has 0 atom stereocenters. The molecule has 3 rings (SSSR count). The van der Waals surface area contributed by atoms with Gasteiger partial charge < -0.3 is 29.8 Å². The first kappa shape index (κ1) is 18.4. The lowest BCUT2D eigenvalue weighted by Gasteiger charge is -2.15. The largest absolute Gasteiger partial charge is 0.493 e. The highest BCUT2D eigenvalue weighted by Crippen LogP contribution is 2.39. The van der Waals surface area contributed by atoms with E-state index in [1.165, 1.54) is 21.3 Å². The number of ether oxygens (including phenoxy) is 3. The Kier molecular flexibility index (Phi) is 5.71. The number of hydrogen-bond donors (Lipinski definition) is 3. The van der Waals surface area contributed by atoms with Gasteiger partial charge >= 0.3 is 6.03 Å². The number of nitrogens with one attached hydrogen (secondary N) is 3. The van der Waals surface area contributed by atoms with Gasteiger partial charge in [0, 0.05) is 30.4 Å². The molecule has 0 saturated carbocycles. The van der Waals surface area contributed by atoms with Crippen molar-refractivity contribution >= 4 is 22.6 Å². The smallest absolute Gasteiger partial charge is 0.319 e. The first-order chi connectivity index (χ1) is 13.1. The molecule has 0 spiro atoms. The normalized spacial score (nSPS) is 10.5. The van der Waals surface area contributed by atoms with Gasteiger partial charge in [-0.2, -0.15) is 0 Å². The zero-order valence-corrected chi connectivity index (χ0v) is 15.6. The molecule has 0 aliphatic heterocycles. The quantitative estimate of drug-likeness (QED) is 0.594. The Hall–Kier alpha value is -3.35. The van der Waals surface area contributed by atoms with Crippen LogP contribution in [0.15, 0.2) is 42.6 Å². The minimum absolute atomic E-state index is 0.299. The third-order valence-electron chi connectivity index (χ3n) is 4.24. The second-order valence-corrected chi connectivity index (χ2v) is 5.94. The molecule has 0 aliphatic carbocycles. The molecular weight excluding hydrogens is 346 g/mol. The summed E-state index contributed by atoms with van der Waals surface area (Å²) in [5, 5.41) is 6.80. The summed E-state index contributed by atoms with van der Waals surface area (Å²) < 4.78 is 15.9. The molecule has 3 aromatic rings. The van der Waals surface area contributed by atoms with E-state index in [1.807, 2.05) is 18.3 Å². The molecular formula is C20H23N3O4. The Balaban J connectivity index is 1.58. The lowest BCUT2D eigenvalue weighted by molar-refractivity contribution is 0.252. The monoisotopic (exact) mass is 369 g/mol. The number of hydrogen-bond acceptors (Lipinski definition) is 4. The van der Waals surface area contributed by atoms with Crippen LogP contribution in [0, 0.1) is 0 Å². The average Bonchev–Trinajstić information content (AvgIpc) is 3.15. The molecule has 0 unspecified atom stereocenters. The van der Waals surface area contributed by atoms with Crippen molar-refractivity contribution in [2.24, 2.45) is 0 Å². The van der Waals surface area contributed by atoms with Crippen LogP contribution >= 0.6 is 0 Å². The SMILES string of the molecule is COc1cc(NC(=O)NCCc2ccc3[nH]ccc3c2)cc(OC)c1OC. The van der Waals surface area contributed by atoms with Crippen molar-refractivity contribution in [3.05, 3.63) is 48.2 Å². The number of carbonyl (C=O) groups is 1. The number of amides is 2. The number of benzene rings is 2. The molecule has 7 heteroatoms. The van der Waals surface area contributed by atoms with E-state index in [1.54, 1.807) is 12.1 Å². The summed E-state index contributed by atoms with van der Waals surface area (Å²) in [7, 11) is 4.59. The number of rotatable bonds is 7. The third-order valence-corrected chi connectivity index (χ3v) is 4.24. The number of methoxy groups -OCH3 is 3. The summed E-state index contributed by atoms with van der Waals surface area (Å²) in [6.45, 7) is 0.520. The minimum atomic E-state index is -0.299. The van der Waals surface area contributed by atoms with Crippen LogP contribution in [0.1, 0.15) is 5.56 Å². The predicted octanol–water partition coefficient (Wildman–Crippen LogP) is 3.56. The fraction of sp³-hybridized carbons (Fsp3) is 0.250. The first-order valence-corrected chi connectivity index (χ1v) is 8.55. The molecule has 2 aromatic carbocycles. The van der Waals surface area contributed by atoms with Gasteiger partial charge in [-0.05, 0) is 35.6 Å². The van der Waals surface area contributed by atoms with Crippen molar-refractivity contribution in [2.75, 3.05) is 33.2 Å². The van der Waals surface area contributed by atoms with Gasteiger partial charge in [0.15, 0.2) is 11.5 Å². The van der Waals surface area contributed by atoms with Gasteiger partial charge in [0.05, 0.1) is 27.0 Å². The van der Waals surface area contributed by atoms with Crippen LogP contribution in [0.4, 0.5) is 10.5 Å². The van der Waals surface area contributed by atoms with E-state index < -0.39 is 0 Å². The molecule has 0 fully saturated rings. The van der Waals surface area contributed by atoms with Gasteiger partial charge in [-0.15, -0.1) is 0 Å². The second-order valence-electron chi connectivity index (χ2n) is 5.94. The van der Waals surface area contributed by atoms with Crippen molar-refractivity contribution in [3.8, 4) is 17.2 Å². The number of carbonyl (C=O) groups excluding carboxylic acids is 1. The number of fused-ring (bicyclic) bond motifs is 1. The maximum Gasteiger partial charge on any atom is 0.319 e. The van der Waals surface area contributed by atoms with E-state index in [4.69, 9.17) is 14.2 Å². The van der Waals surface area contributed by atoms with Gasteiger partial charge in [0.2, 0.25) is 5.75 Å². The van der Waals surface area contributed by atoms with Crippen LogP contribution in [0.5, 0.6) is 17.2 Å². The number of anilines is 1. The molecule has 142 valence electrons. The van der Waals surface area contributed by atoms with Gasteiger partial charge in [0.1, 0.15) is 0 Å². The zero-order chi connectivity index (χ0) is 19.2. The van der Waals surface area contributed by atoms with Gasteiger partial charge in [-0.3, -0.25) is 0 Å². The van der Waals surface area contributed by atoms with Crippen molar-refractivity contribution in [1.82, 2.24) is 10.3 Å². The highest BCUT2D eigenvalue weighted by molar-refractivity contribution is 5.90. The fourth-order valence-electron chi connectivity index (χ4n) is 2.91. The van der Waals surface area contributed by atoms with Crippen molar-refractivity contribution < 1.29 is 19.0 Å². The van der Waals surface area contributed by atoms with E-state index in [0.717, 1.165) is 22.9 Å². The van der Waals surface area contributed by atoms with E-state index >= 15 is 0 Å². The molecule has 27 heavy (non-hydrogen) atoms. The van der Waals surface area contributed by atoms with Crippen molar-refractivity contribution in [1.29, 1.82) is 0 Å². The van der Waals surface area contributed by atoms with E-state index in [2.05, 4.69) is 27.8 Å². The van der Waals surface area contributed by atoms with E-state index in [0.29, 0.717) is 29.5 Å². The molecule has 0 saturated heterocycles. The lowest BCUT2D eigenvalue weighted by atomic mass is 10.1. The molecule has 3 N–H and O–H groups in total. The molecule has 0 bridgehead atoms. The highest BCUT2D eigenvalue weighted by Gasteiger charge is 2.14. The number of aromatic amines is 1. The maximum atomic E-state index is 12.2. The number of H-pyrrole nitrogens is 1. The Bertz CT molecular complexity index is 911. The lowest BCUT2D eigenvalue weighted by Crippen LogP contribution is -2.30. The summed E-state index contributed by atoms with van der Waals surface area (Å²) in [5.41, 5.74) is 2.82. The fourth-order valence-corrected chi connectivity index (χ4v) is 2.91. The molecule has 0 radical (unpaired) electrons. The Morgan fingerprint density at radius 2 is 1.74 bits per heavy atom. The van der Waals surface area contributed by atoms with Crippen molar-refractivity contribution in [2.45, 2.75) is 6.42 Å². The van der Waals surface area contributed by atoms with Crippen LogP contribution < -0.4 is 24.8 Å². The minimum Gasteiger partial charge on any atom is -0.493 e. The molecule has 2 amide bonds. The Morgan fingerprint density at radius 3 is 2.41 bits per heavy atom. The maximum absolute atomic E-state index is 12.2. The summed E-state index contributed by atoms with van der Waals surface area (Å²) in [6.07, 6.45) is 2.65. The summed E-state index contributed by atoms with van der Waals surface area (Å²) in [6, 6.07) is 11.3. The van der Waals surface area contributed by atoms with Crippen molar-refractivity contribution in [3.63, 3.8) is 0 Å².